The molecule has 21 heavy (non-hydrogen) atoms. The van der Waals surface area contributed by atoms with Gasteiger partial charge in [-0.3, -0.25) is 0 Å². The Morgan fingerprint density at radius 1 is 1.05 bits per heavy atom. The minimum Gasteiger partial charge on any atom is -0.411 e. The number of aryl methyl sites for hydroxylation is 1. The van der Waals surface area contributed by atoms with Crippen LogP contribution in [0.1, 0.15) is 43.7 Å². The average Bonchev–Trinajstić information content (AvgIpc) is 3.13. The molecule has 0 fully saturated rings. The van der Waals surface area contributed by atoms with E-state index in [-0.39, 0.29) is 0 Å². The van der Waals surface area contributed by atoms with Crippen LogP contribution in [-0.2, 0) is 6.42 Å². The molecule has 2 aromatic heterocycles. The van der Waals surface area contributed by atoms with Crippen LogP contribution in [0.4, 0.5) is 0 Å². The van der Waals surface area contributed by atoms with E-state index >= 15 is 0 Å². The van der Waals surface area contributed by atoms with Crippen molar-refractivity contribution in [2.24, 2.45) is 5.16 Å². The highest BCUT2D eigenvalue weighted by molar-refractivity contribution is 7.25. The number of nitrogens with zero attached hydrogens (tertiary/aromatic N) is 1. The van der Waals surface area contributed by atoms with E-state index in [1.807, 2.05) is 11.3 Å². The molecule has 2 nitrogen and oxygen atoms in total. The van der Waals surface area contributed by atoms with Crippen molar-refractivity contribution >= 4 is 49.1 Å². The highest BCUT2D eigenvalue weighted by Crippen LogP contribution is 2.39. The molecule has 0 amide bonds. The Morgan fingerprint density at radius 2 is 1.76 bits per heavy atom. The third kappa shape index (κ3) is 2.70. The van der Waals surface area contributed by atoms with Crippen LogP contribution in [-0.4, -0.2) is 11.4 Å². The molecule has 0 radical (unpaired) electrons. The zero-order valence-electron chi connectivity index (χ0n) is 12.1. The molecule has 3 aromatic rings. The third-order valence-electron chi connectivity index (χ3n) is 3.94. The molecule has 0 aliphatic heterocycles. The van der Waals surface area contributed by atoms with Crippen LogP contribution < -0.4 is 0 Å². The lowest BCUT2D eigenvalue weighted by molar-refractivity contribution is 0.322. The summed E-state index contributed by atoms with van der Waals surface area (Å²) in [5, 5.41) is 19.2. The lowest BCUT2D eigenvalue weighted by Crippen LogP contribution is -1.96. The second-order valence-corrected chi connectivity index (χ2v) is 7.11. The van der Waals surface area contributed by atoms with E-state index in [2.05, 4.69) is 35.0 Å². The van der Waals surface area contributed by atoms with E-state index < -0.39 is 0 Å². The second-order valence-electron chi connectivity index (χ2n) is 5.27. The van der Waals surface area contributed by atoms with Gasteiger partial charge in [0.15, 0.2) is 0 Å². The maximum Gasteiger partial charge on any atom is 0.0743 e. The highest BCUT2D eigenvalue weighted by Gasteiger charge is 2.15. The molecule has 1 aromatic carbocycles. The minimum absolute atomic E-state index is 1.06. The van der Waals surface area contributed by atoms with E-state index in [1.54, 1.807) is 17.6 Å². The largest absolute Gasteiger partial charge is 0.411 e. The number of fused-ring (bicyclic) bond motifs is 3. The molecule has 3 rings (SSSR count). The number of oxime groups is 1. The van der Waals surface area contributed by atoms with Crippen LogP contribution in [0.3, 0.4) is 0 Å². The molecule has 2 heterocycles. The molecule has 0 aliphatic rings. The van der Waals surface area contributed by atoms with Gasteiger partial charge in [0.25, 0.3) is 0 Å². The molecule has 1 N–H and O–H groups in total. The van der Waals surface area contributed by atoms with Crippen LogP contribution in [0.15, 0.2) is 28.0 Å². The van der Waals surface area contributed by atoms with Gasteiger partial charge in [0, 0.05) is 10.9 Å². The van der Waals surface area contributed by atoms with Crippen molar-refractivity contribution in [1.29, 1.82) is 0 Å². The Labute approximate surface area is 132 Å². The van der Waals surface area contributed by atoms with Crippen LogP contribution in [0.25, 0.3) is 20.2 Å². The van der Waals surface area contributed by atoms with Crippen LogP contribution in [0, 0.1) is 0 Å². The predicted molar refractivity (Wildman–Crippen MR) is 94.4 cm³/mol. The zero-order chi connectivity index (χ0) is 14.7. The Morgan fingerprint density at radius 3 is 2.48 bits per heavy atom. The molecule has 4 heteroatoms. The summed E-state index contributed by atoms with van der Waals surface area (Å²) in [6.45, 7) is 2.23. The number of rotatable bonds is 6. The summed E-state index contributed by atoms with van der Waals surface area (Å²) in [4.78, 5) is 0. The first kappa shape index (κ1) is 14.5. The van der Waals surface area contributed by atoms with Gasteiger partial charge < -0.3 is 5.21 Å². The van der Waals surface area contributed by atoms with Gasteiger partial charge >= 0.3 is 0 Å². The molecule has 0 atom stereocenters. The normalized spacial score (nSPS) is 12.0. The SMILES string of the molecule is CCCCCCc1c(/C=N/O)c2ccsc2c2sccc12. The van der Waals surface area contributed by atoms with E-state index in [4.69, 9.17) is 5.21 Å². The summed E-state index contributed by atoms with van der Waals surface area (Å²) >= 11 is 3.58. The van der Waals surface area contributed by atoms with E-state index in [0.29, 0.717) is 0 Å². The number of hydrogen-bond acceptors (Lipinski definition) is 4. The highest BCUT2D eigenvalue weighted by atomic mass is 32.1. The van der Waals surface area contributed by atoms with Gasteiger partial charge in [-0.1, -0.05) is 31.3 Å². The summed E-state index contributed by atoms with van der Waals surface area (Å²) in [6.07, 6.45) is 7.67. The van der Waals surface area contributed by atoms with Gasteiger partial charge in [0.05, 0.1) is 15.6 Å². The van der Waals surface area contributed by atoms with Crippen molar-refractivity contribution in [2.45, 2.75) is 39.0 Å². The summed E-state index contributed by atoms with van der Waals surface area (Å²) < 4.78 is 2.69. The molecular formula is C17H19NOS2. The van der Waals surface area contributed by atoms with Crippen molar-refractivity contribution in [1.82, 2.24) is 0 Å². The fraction of sp³-hybridized carbons (Fsp3) is 0.353. The quantitative estimate of drug-likeness (QED) is 0.255. The number of benzene rings is 1. The fourth-order valence-corrected chi connectivity index (χ4v) is 4.96. The molecule has 0 saturated heterocycles. The topological polar surface area (TPSA) is 32.6 Å². The average molecular weight is 317 g/mol. The maximum atomic E-state index is 9.05. The van der Waals surface area contributed by atoms with Crippen LogP contribution >= 0.6 is 22.7 Å². The van der Waals surface area contributed by atoms with Crippen molar-refractivity contribution in [3.05, 3.63) is 34.0 Å². The zero-order valence-corrected chi connectivity index (χ0v) is 13.8. The first-order valence-electron chi connectivity index (χ1n) is 7.43. The predicted octanol–water partition coefficient (Wildman–Crippen LogP) is 6.05. The standard InChI is InChI=1S/C17H19NOS2/c1-2-3-4-5-6-12-13-7-9-20-16(13)17-14(8-10-21-17)15(12)11-18-19/h7-11,19H,2-6H2,1H3/b18-11+. The molecule has 0 aliphatic carbocycles. The number of thiophene rings is 2. The molecule has 0 bridgehead atoms. The molecular weight excluding hydrogens is 298 g/mol. The molecule has 0 unspecified atom stereocenters. The Balaban J connectivity index is 2.12. The van der Waals surface area contributed by atoms with Crippen molar-refractivity contribution < 1.29 is 5.21 Å². The Kier molecular flexibility index (Phi) is 4.56. The maximum absolute atomic E-state index is 9.05. The monoisotopic (exact) mass is 317 g/mol. The lowest BCUT2D eigenvalue weighted by Gasteiger charge is -2.10. The van der Waals surface area contributed by atoms with Crippen molar-refractivity contribution in [3.8, 4) is 0 Å². The summed E-state index contributed by atoms with van der Waals surface area (Å²) in [5.41, 5.74) is 2.43. The van der Waals surface area contributed by atoms with Gasteiger partial charge in [-0.05, 0) is 46.7 Å². The molecule has 0 saturated carbocycles. The van der Waals surface area contributed by atoms with Crippen molar-refractivity contribution in [3.63, 3.8) is 0 Å². The number of hydrogen-bond donors (Lipinski definition) is 1. The van der Waals surface area contributed by atoms with E-state index in [0.717, 1.165) is 12.0 Å². The summed E-state index contributed by atoms with van der Waals surface area (Å²) in [6, 6.07) is 4.36. The lowest BCUT2D eigenvalue weighted by atomic mass is 9.95. The molecule has 0 spiro atoms. The molecule has 110 valence electrons. The van der Waals surface area contributed by atoms with Gasteiger partial charge in [-0.15, -0.1) is 22.7 Å². The van der Waals surface area contributed by atoms with Crippen LogP contribution in [0.2, 0.25) is 0 Å². The second kappa shape index (κ2) is 6.58. The van der Waals surface area contributed by atoms with Gasteiger partial charge in [-0.25, -0.2) is 0 Å². The summed E-state index contributed by atoms with van der Waals surface area (Å²) in [7, 11) is 0. The van der Waals surface area contributed by atoms with E-state index in [9.17, 15) is 0 Å². The Hall–Kier alpha value is -1.39. The minimum atomic E-state index is 1.06. The van der Waals surface area contributed by atoms with Gasteiger partial charge in [0.1, 0.15) is 0 Å². The van der Waals surface area contributed by atoms with Crippen LogP contribution in [0.5, 0.6) is 0 Å². The van der Waals surface area contributed by atoms with Crippen molar-refractivity contribution in [2.75, 3.05) is 0 Å². The first-order valence-corrected chi connectivity index (χ1v) is 9.19. The number of unbranched alkanes of at least 4 members (excludes halogenated alkanes) is 3. The first-order chi connectivity index (χ1) is 10.4. The third-order valence-corrected chi connectivity index (χ3v) is 5.94. The summed E-state index contributed by atoms with van der Waals surface area (Å²) in [5.74, 6) is 0. The smallest absolute Gasteiger partial charge is 0.0743 e. The fourth-order valence-electron chi connectivity index (χ4n) is 2.93. The van der Waals surface area contributed by atoms with Gasteiger partial charge in [-0.2, -0.15) is 0 Å². The van der Waals surface area contributed by atoms with Gasteiger partial charge in [0.2, 0.25) is 0 Å². The Bertz CT molecular complexity index is 770. The van der Waals surface area contributed by atoms with E-state index in [1.165, 1.54) is 51.4 Å².